The molecule has 0 spiro atoms. The monoisotopic (exact) mass is 433 g/mol. The lowest BCUT2D eigenvalue weighted by Gasteiger charge is -2.21. The second-order valence-corrected chi connectivity index (χ2v) is 8.19. The van der Waals surface area contributed by atoms with Gasteiger partial charge in [0.05, 0.1) is 10.9 Å². The van der Waals surface area contributed by atoms with E-state index in [1.165, 1.54) is 6.26 Å². The average molecular weight is 434 g/mol. The topological polar surface area (TPSA) is 42.7 Å². The van der Waals surface area contributed by atoms with Gasteiger partial charge in [0.2, 0.25) is 0 Å². The van der Waals surface area contributed by atoms with E-state index in [1.807, 2.05) is 50.5 Å². The van der Waals surface area contributed by atoms with Crippen molar-refractivity contribution < 1.29 is 9.15 Å². The van der Waals surface area contributed by atoms with Crippen molar-refractivity contribution in [2.24, 2.45) is 0 Å². The highest BCUT2D eigenvalue weighted by Gasteiger charge is 2.15. The van der Waals surface area contributed by atoms with Crippen molar-refractivity contribution in [3.05, 3.63) is 99.9 Å². The molecule has 3 aromatic carbocycles. The van der Waals surface area contributed by atoms with Crippen LogP contribution >= 0.6 is 11.6 Å². The number of hydrogen-bond donors (Lipinski definition) is 0. The van der Waals surface area contributed by atoms with Crippen molar-refractivity contribution in [2.45, 2.75) is 12.5 Å². The maximum Gasteiger partial charge on any atom is 0.200 e. The molecule has 1 unspecified atom stereocenters. The van der Waals surface area contributed by atoms with Crippen LogP contribution < -0.4 is 10.2 Å². The van der Waals surface area contributed by atoms with Gasteiger partial charge in [0.25, 0.3) is 0 Å². The molecule has 31 heavy (non-hydrogen) atoms. The molecule has 0 aliphatic heterocycles. The molecule has 0 bridgehead atoms. The van der Waals surface area contributed by atoms with Crippen molar-refractivity contribution in [1.29, 1.82) is 0 Å². The van der Waals surface area contributed by atoms with Crippen LogP contribution in [0, 0.1) is 0 Å². The number of nitrogens with zero attached hydrogens (tertiary/aromatic N) is 1. The Morgan fingerprint density at radius 2 is 1.74 bits per heavy atom. The first-order valence-corrected chi connectivity index (χ1v) is 10.6. The van der Waals surface area contributed by atoms with Gasteiger partial charge in [0.1, 0.15) is 23.7 Å². The first-order valence-electron chi connectivity index (χ1n) is 10.2. The number of rotatable bonds is 7. The molecule has 0 saturated heterocycles. The van der Waals surface area contributed by atoms with Crippen molar-refractivity contribution >= 4 is 22.6 Å². The molecule has 1 atom stereocenters. The van der Waals surface area contributed by atoms with Crippen LogP contribution in [0.2, 0.25) is 5.02 Å². The van der Waals surface area contributed by atoms with Gasteiger partial charge in [-0.3, -0.25) is 4.79 Å². The smallest absolute Gasteiger partial charge is 0.200 e. The molecule has 0 amide bonds. The quantitative estimate of drug-likeness (QED) is 0.348. The minimum absolute atomic E-state index is 0.0812. The summed E-state index contributed by atoms with van der Waals surface area (Å²) in [7, 11) is 4.09. The van der Waals surface area contributed by atoms with Crippen molar-refractivity contribution in [1.82, 2.24) is 4.90 Å². The SMILES string of the molecule is CN(C)CCC(Oc1ccc2c(=O)c(-c3ccc(Cl)cc3)coc2c1)c1ccccc1. The van der Waals surface area contributed by atoms with Crippen molar-refractivity contribution in [3.8, 4) is 16.9 Å². The summed E-state index contributed by atoms with van der Waals surface area (Å²) in [6.45, 7) is 0.896. The van der Waals surface area contributed by atoms with Gasteiger partial charge in [-0.25, -0.2) is 0 Å². The van der Waals surface area contributed by atoms with Crippen molar-refractivity contribution in [3.63, 3.8) is 0 Å². The Balaban J connectivity index is 1.64. The Labute approximate surface area is 186 Å². The zero-order chi connectivity index (χ0) is 21.8. The fraction of sp³-hybridized carbons (Fsp3) is 0.192. The molecular formula is C26H24ClNO3. The molecule has 0 saturated carbocycles. The van der Waals surface area contributed by atoms with Gasteiger partial charge in [-0.05, 0) is 49.5 Å². The zero-order valence-electron chi connectivity index (χ0n) is 17.5. The predicted octanol–water partition coefficient (Wildman–Crippen LogP) is 6.19. The first-order chi connectivity index (χ1) is 15.0. The van der Waals surface area contributed by atoms with E-state index in [0.717, 1.165) is 24.1 Å². The Hall–Kier alpha value is -3.08. The van der Waals surface area contributed by atoms with E-state index < -0.39 is 0 Å². The van der Waals surface area contributed by atoms with E-state index in [0.29, 0.717) is 27.3 Å². The highest BCUT2D eigenvalue weighted by molar-refractivity contribution is 6.30. The first kappa shape index (κ1) is 21.2. The Morgan fingerprint density at radius 3 is 2.45 bits per heavy atom. The summed E-state index contributed by atoms with van der Waals surface area (Å²) in [5.74, 6) is 0.669. The molecule has 0 radical (unpaired) electrons. The number of hydrogen-bond acceptors (Lipinski definition) is 4. The van der Waals surface area contributed by atoms with Crippen LogP contribution in [0.4, 0.5) is 0 Å². The number of ether oxygens (including phenoxy) is 1. The number of halogens is 1. The van der Waals surface area contributed by atoms with Crippen LogP contribution in [-0.4, -0.2) is 25.5 Å². The van der Waals surface area contributed by atoms with Crippen molar-refractivity contribution in [2.75, 3.05) is 20.6 Å². The molecule has 5 heteroatoms. The van der Waals surface area contributed by atoms with Crippen LogP contribution in [0.15, 0.2) is 88.3 Å². The number of benzene rings is 3. The fourth-order valence-corrected chi connectivity index (χ4v) is 3.64. The van der Waals surface area contributed by atoms with Crippen LogP contribution in [0.1, 0.15) is 18.1 Å². The third-order valence-corrected chi connectivity index (χ3v) is 5.44. The summed E-state index contributed by atoms with van der Waals surface area (Å²) in [5.41, 5.74) is 2.81. The predicted molar refractivity (Wildman–Crippen MR) is 126 cm³/mol. The van der Waals surface area contributed by atoms with E-state index in [1.54, 1.807) is 24.3 Å². The molecule has 1 aromatic heterocycles. The Bertz CT molecular complexity index is 1220. The van der Waals surface area contributed by atoms with Crippen LogP contribution in [0.5, 0.6) is 5.75 Å². The molecule has 4 rings (SSSR count). The Kier molecular flexibility index (Phi) is 6.40. The summed E-state index contributed by atoms with van der Waals surface area (Å²) in [6.07, 6.45) is 2.24. The lowest BCUT2D eigenvalue weighted by Crippen LogP contribution is -2.18. The minimum Gasteiger partial charge on any atom is -0.486 e. The Morgan fingerprint density at radius 1 is 1.00 bits per heavy atom. The normalized spacial score (nSPS) is 12.3. The van der Waals surface area contributed by atoms with Gasteiger partial charge in [-0.15, -0.1) is 0 Å². The van der Waals surface area contributed by atoms with Gasteiger partial charge < -0.3 is 14.1 Å². The third-order valence-electron chi connectivity index (χ3n) is 5.19. The summed E-state index contributed by atoms with van der Waals surface area (Å²) in [5, 5.41) is 1.14. The maximum atomic E-state index is 13.0. The molecule has 0 aliphatic rings. The van der Waals surface area contributed by atoms with Gasteiger partial charge in [-0.2, -0.15) is 0 Å². The maximum absolute atomic E-state index is 13.0. The molecule has 0 aliphatic carbocycles. The molecule has 4 nitrogen and oxygen atoms in total. The summed E-state index contributed by atoms with van der Waals surface area (Å²) >= 11 is 5.96. The molecule has 0 fully saturated rings. The van der Waals surface area contributed by atoms with Gasteiger partial charge >= 0.3 is 0 Å². The third kappa shape index (κ3) is 4.98. The lowest BCUT2D eigenvalue weighted by molar-refractivity contribution is 0.179. The van der Waals surface area contributed by atoms with Crippen LogP contribution in [0.25, 0.3) is 22.1 Å². The molecular weight excluding hydrogens is 410 g/mol. The van der Waals surface area contributed by atoms with Gasteiger partial charge in [0, 0.05) is 24.1 Å². The van der Waals surface area contributed by atoms with E-state index in [9.17, 15) is 4.79 Å². The standard InChI is InChI=1S/C26H24ClNO3/c1-28(2)15-14-24(19-6-4-3-5-7-19)31-21-12-13-22-25(16-21)30-17-23(26(22)29)18-8-10-20(27)11-9-18/h3-13,16-17,24H,14-15H2,1-2H3. The summed E-state index contributed by atoms with van der Waals surface area (Å²) in [6, 6.07) is 22.7. The van der Waals surface area contributed by atoms with E-state index in [-0.39, 0.29) is 11.5 Å². The zero-order valence-corrected chi connectivity index (χ0v) is 18.3. The largest absolute Gasteiger partial charge is 0.486 e. The minimum atomic E-state index is -0.0962. The number of fused-ring (bicyclic) bond motifs is 1. The highest BCUT2D eigenvalue weighted by Crippen LogP contribution is 2.28. The van der Waals surface area contributed by atoms with Crippen LogP contribution in [-0.2, 0) is 0 Å². The van der Waals surface area contributed by atoms with Crippen LogP contribution in [0.3, 0.4) is 0 Å². The highest BCUT2D eigenvalue weighted by atomic mass is 35.5. The second kappa shape index (κ2) is 9.38. The lowest BCUT2D eigenvalue weighted by atomic mass is 10.1. The van der Waals surface area contributed by atoms with Gasteiger partial charge in [0.15, 0.2) is 5.43 Å². The molecule has 0 N–H and O–H groups in total. The second-order valence-electron chi connectivity index (χ2n) is 7.75. The van der Waals surface area contributed by atoms with E-state index >= 15 is 0 Å². The summed E-state index contributed by atoms with van der Waals surface area (Å²) in [4.78, 5) is 15.1. The van der Waals surface area contributed by atoms with Gasteiger partial charge in [-0.1, -0.05) is 54.1 Å². The summed E-state index contributed by atoms with van der Waals surface area (Å²) < 4.78 is 12.1. The average Bonchev–Trinajstić information content (AvgIpc) is 2.78. The molecule has 4 aromatic rings. The fourth-order valence-electron chi connectivity index (χ4n) is 3.51. The van der Waals surface area contributed by atoms with E-state index in [2.05, 4.69) is 17.0 Å². The molecule has 158 valence electrons. The van der Waals surface area contributed by atoms with E-state index in [4.69, 9.17) is 20.8 Å². The molecule has 1 heterocycles.